The molecule has 0 fully saturated rings. The molecule has 0 saturated heterocycles. The van der Waals surface area contributed by atoms with Crippen LogP contribution in [-0.4, -0.2) is 21.3 Å². The van der Waals surface area contributed by atoms with Crippen LogP contribution in [0.4, 0.5) is 5.69 Å². The van der Waals surface area contributed by atoms with Crippen LogP contribution in [0.3, 0.4) is 0 Å². The lowest BCUT2D eigenvalue weighted by atomic mass is 10.0. The lowest BCUT2D eigenvalue weighted by Gasteiger charge is -2.16. The second-order valence-corrected chi connectivity index (χ2v) is 4.37. The van der Waals surface area contributed by atoms with Crippen molar-refractivity contribution in [3.63, 3.8) is 0 Å². The molecule has 4 heteroatoms. The minimum atomic E-state index is 0.599. The maximum atomic E-state index is 5.99. The van der Waals surface area contributed by atoms with E-state index >= 15 is 0 Å². The highest BCUT2D eigenvalue weighted by Gasteiger charge is 2.16. The lowest BCUT2D eigenvalue weighted by molar-refractivity contribution is 0.322. The number of para-hydroxylation sites is 1. The molecule has 2 N–H and O–H groups in total. The minimum absolute atomic E-state index is 0.599. The summed E-state index contributed by atoms with van der Waals surface area (Å²) in [6, 6.07) is 11.6. The molecule has 2 aromatic rings. The number of methoxy groups -OCH3 is 3. The summed E-state index contributed by atoms with van der Waals surface area (Å²) in [6.45, 7) is 0. The van der Waals surface area contributed by atoms with Gasteiger partial charge in [0.2, 0.25) is 5.75 Å². The van der Waals surface area contributed by atoms with Gasteiger partial charge in [-0.05, 0) is 17.7 Å². The SMILES string of the molecule is COc1ccc(Cc2ccccc2N)c(OC)c1OC. The summed E-state index contributed by atoms with van der Waals surface area (Å²) < 4.78 is 16.1. The molecule has 20 heavy (non-hydrogen) atoms. The minimum Gasteiger partial charge on any atom is -0.493 e. The Morgan fingerprint density at radius 3 is 2.10 bits per heavy atom. The second-order valence-electron chi connectivity index (χ2n) is 4.37. The fraction of sp³-hybridized carbons (Fsp3) is 0.250. The number of hydrogen-bond acceptors (Lipinski definition) is 4. The molecule has 0 heterocycles. The summed E-state index contributed by atoms with van der Waals surface area (Å²) in [5.41, 5.74) is 8.81. The topological polar surface area (TPSA) is 53.7 Å². The Morgan fingerprint density at radius 2 is 1.50 bits per heavy atom. The first-order valence-corrected chi connectivity index (χ1v) is 6.32. The molecule has 0 amide bonds. The van der Waals surface area contributed by atoms with Crippen LogP contribution in [0.1, 0.15) is 11.1 Å². The van der Waals surface area contributed by atoms with E-state index in [1.165, 1.54) is 0 Å². The van der Waals surface area contributed by atoms with E-state index in [4.69, 9.17) is 19.9 Å². The van der Waals surface area contributed by atoms with Crippen molar-refractivity contribution < 1.29 is 14.2 Å². The number of benzene rings is 2. The third kappa shape index (κ3) is 2.64. The van der Waals surface area contributed by atoms with Gasteiger partial charge >= 0.3 is 0 Å². The second kappa shape index (κ2) is 6.19. The Morgan fingerprint density at radius 1 is 0.800 bits per heavy atom. The number of nitrogen functional groups attached to an aromatic ring is 1. The van der Waals surface area contributed by atoms with E-state index in [1.54, 1.807) is 21.3 Å². The van der Waals surface area contributed by atoms with Crippen molar-refractivity contribution >= 4 is 5.69 Å². The molecule has 0 aliphatic heterocycles. The summed E-state index contributed by atoms with van der Waals surface area (Å²) in [5.74, 6) is 1.92. The van der Waals surface area contributed by atoms with Gasteiger partial charge in [-0.2, -0.15) is 0 Å². The Kier molecular flexibility index (Phi) is 4.35. The molecular weight excluding hydrogens is 254 g/mol. The number of ether oxygens (including phenoxy) is 3. The van der Waals surface area contributed by atoms with Gasteiger partial charge in [-0.3, -0.25) is 0 Å². The predicted octanol–water partition coefficient (Wildman–Crippen LogP) is 2.89. The molecular formula is C16H19NO3. The molecule has 0 saturated carbocycles. The van der Waals surface area contributed by atoms with Gasteiger partial charge in [0.05, 0.1) is 21.3 Å². The van der Waals surface area contributed by atoms with Crippen LogP contribution >= 0.6 is 0 Å². The number of anilines is 1. The van der Waals surface area contributed by atoms with Crippen LogP contribution in [0.25, 0.3) is 0 Å². The predicted molar refractivity (Wildman–Crippen MR) is 79.8 cm³/mol. The maximum Gasteiger partial charge on any atom is 0.203 e. The van der Waals surface area contributed by atoms with Crippen molar-refractivity contribution in [1.29, 1.82) is 0 Å². The van der Waals surface area contributed by atoms with Gasteiger partial charge in [-0.25, -0.2) is 0 Å². The summed E-state index contributed by atoms with van der Waals surface area (Å²) >= 11 is 0. The van der Waals surface area contributed by atoms with Crippen LogP contribution in [0.5, 0.6) is 17.2 Å². The quantitative estimate of drug-likeness (QED) is 0.851. The third-order valence-corrected chi connectivity index (χ3v) is 3.22. The maximum absolute atomic E-state index is 5.99. The van der Waals surface area contributed by atoms with E-state index in [9.17, 15) is 0 Å². The highest BCUT2D eigenvalue weighted by atomic mass is 16.5. The van der Waals surface area contributed by atoms with E-state index in [-0.39, 0.29) is 0 Å². The van der Waals surface area contributed by atoms with Gasteiger partial charge < -0.3 is 19.9 Å². The van der Waals surface area contributed by atoms with Crippen LogP contribution in [0.15, 0.2) is 36.4 Å². The first kappa shape index (κ1) is 14.1. The zero-order valence-electron chi connectivity index (χ0n) is 12.0. The van der Waals surface area contributed by atoms with E-state index in [1.807, 2.05) is 36.4 Å². The summed E-state index contributed by atoms with van der Waals surface area (Å²) in [4.78, 5) is 0. The first-order chi connectivity index (χ1) is 9.71. The van der Waals surface area contributed by atoms with E-state index in [2.05, 4.69) is 0 Å². The van der Waals surface area contributed by atoms with Gasteiger partial charge in [0, 0.05) is 17.7 Å². The summed E-state index contributed by atoms with van der Waals surface area (Å²) in [7, 11) is 4.82. The van der Waals surface area contributed by atoms with Crippen LogP contribution in [0, 0.1) is 0 Å². The molecule has 2 rings (SSSR count). The number of hydrogen-bond donors (Lipinski definition) is 1. The van der Waals surface area contributed by atoms with Crippen LogP contribution < -0.4 is 19.9 Å². The zero-order chi connectivity index (χ0) is 14.5. The third-order valence-electron chi connectivity index (χ3n) is 3.22. The molecule has 2 aromatic carbocycles. The van der Waals surface area contributed by atoms with Crippen LogP contribution in [0.2, 0.25) is 0 Å². The largest absolute Gasteiger partial charge is 0.493 e. The van der Waals surface area contributed by atoms with E-state index < -0.39 is 0 Å². The Hall–Kier alpha value is -2.36. The molecule has 106 valence electrons. The molecule has 0 spiro atoms. The van der Waals surface area contributed by atoms with Gasteiger partial charge in [-0.15, -0.1) is 0 Å². The normalized spacial score (nSPS) is 10.2. The molecule has 0 radical (unpaired) electrons. The number of rotatable bonds is 5. The van der Waals surface area contributed by atoms with Gasteiger partial charge in [0.25, 0.3) is 0 Å². The van der Waals surface area contributed by atoms with Gasteiger partial charge in [0.15, 0.2) is 11.5 Å². The van der Waals surface area contributed by atoms with Gasteiger partial charge in [-0.1, -0.05) is 24.3 Å². The van der Waals surface area contributed by atoms with Crippen LogP contribution in [-0.2, 0) is 6.42 Å². The average Bonchev–Trinajstić information content (AvgIpc) is 2.48. The number of nitrogens with two attached hydrogens (primary N) is 1. The first-order valence-electron chi connectivity index (χ1n) is 6.32. The van der Waals surface area contributed by atoms with Crippen molar-refractivity contribution in [2.75, 3.05) is 27.1 Å². The van der Waals surface area contributed by atoms with E-state index in [0.717, 1.165) is 16.8 Å². The van der Waals surface area contributed by atoms with Crippen molar-refractivity contribution in [3.8, 4) is 17.2 Å². The standard InChI is InChI=1S/C16H19NO3/c1-18-14-9-8-12(15(19-2)16(14)20-3)10-11-6-4-5-7-13(11)17/h4-9H,10,17H2,1-3H3. The molecule has 0 unspecified atom stereocenters. The fourth-order valence-electron chi connectivity index (χ4n) is 2.20. The Balaban J connectivity index is 2.44. The summed E-state index contributed by atoms with van der Waals surface area (Å²) in [6.07, 6.45) is 0.677. The zero-order valence-corrected chi connectivity index (χ0v) is 12.0. The summed E-state index contributed by atoms with van der Waals surface area (Å²) in [5, 5.41) is 0. The molecule has 0 aliphatic rings. The molecule has 0 aliphatic carbocycles. The van der Waals surface area contributed by atoms with Crippen molar-refractivity contribution in [1.82, 2.24) is 0 Å². The fourth-order valence-corrected chi connectivity index (χ4v) is 2.20. The highest BCUT2D eigenvalue weighted by molar-refractivity contribution is 5.58. The van der Waals surface area contributed by atoms with Crippen molar-refractivity contribution in [3.05, 3.63) is 47.5 Å². The lowest BCUT2D eigenvalue weighted by Crippen LogP contribution is -2.01. The van der Waals surface area contributed by atoms with Gasteiger partial charge in [0.1, 0.15) is 0 Å². The average molecular weight is 273 g/mol. The monoisotopic (exact) mass is 273 g/mol. The van der Waals surface area contributed by atoms with Crippen molar-refractivity contribution in [2.45, 2.75) is 6.42 Å². The van der Waals surface area contributed by atoms with E-state index in [0.29, 0.717) is 23.7 Å². The molecule has 0 atom stereocenters. The molecule has 0 aromatic heterocycles. The molecule has 0 bridgehead atoms. The smallest absolute Gasteiger partial charge is 0.203 e. The molecule has 4 nitrogen and oxygen atoms in total. The Bertz CT molecular complexity index is 596. The van der Waals surface area contributed by atoms with Crippen molar-refractivity contribution in [2.24, 2.45) is 0 Å². The Labute approximate surface area is 119 Å². The highest BCUT2D eigenvalue weighted by Crippen LogP contribution is 2.40.